The Balaban J connectivity index is -0.000000137. The molecule has 1 saturated heterocycles. The number of nitrogens with zero attached hydrogens (tertiary/aromatic N) is 1. The summed E-state index contributed by atoms with van der Waals surface area (Å²) < 4.78 is 25.2. The van der Waals surface area contributed by atoms with Crippen LogP contribution in [0.3, 0.4) is 0 Å². The fourth-order valence-corrected chi connectivity index (χ4v) is 3.79. The summed E-state index contributed by atoms with van der Waals surface area (Å²) in [6.07, 6.45) is 10.3. The molecule has 0 aliphatic carbocycles. The van der Waals surface area contributed by atoms with Crippen molar-refractivity contribution in [2.75, 3.05) is 54.6 Å². The molecule has 1 aliphatic rings. The number of carbonyl (C=O) groups is 7. The molecule has 0 radical (unpaired) electrons. The molecule has 0 bridgehead atoms. The van der Waals surface area contributed by atoms with Gasteiger partial charge in [-0.1, -0.05) is 27.7 Å². The smallest absolute Gasteiger partial charge is 0.481 e. The number of nitrogens with one attached hydrogen (secondary N) is 3. The largest absolute Gasteiger partial charge is 1.00 e. The van der Waals surface area contributed by atoms with Crippen LogP contribution >= 0.6 is 0 Å². The number of aliphatic carboxylic acids is 1. The number of rotatable bonds is 24. The summed E-state index contributed by atoms with van der Waals surface area (Å²) in [5, 5.41) is 13.5. The number of carboxylic acids is 1. The highest BCUT2D eigenvalue weighted by Crippen LogP contribution is 2.11. The van der Waals surface area contributed by atoms with Gasteiger partial charge in [-0.25, -0.2) is 4.78 Å². The summed E-state index contributed by atoms with van der Waals surface area (Å²) in [7, 11) is 6.49. The van der Waals surface area contributed by atoms with Crippen molar-refractivity contribution in [1.82, 2.24) is 15.5 Å². The van der Waals surface area contributed by atoms with Crippen LogP contribution in [0.15, 0.2) is 0 Å². The highest BCUT2D eigenvalue weighted by atomic mass is 32.1. The van der Waals surface area contributed by atoms with Crippen LogP contribution in [0.5, 0.6) is 0 Å². The number of carbonyl (C=O) groups excluding carboxylic acids is 6. The minimum atomic E-state index is -0.711. The molecule has 0 spiro atoms. The van der Waals surface area contributed by atoms with Crippen molar-refractivity contribution in [3.05, 3.63) is 0 Å². The Bertz CT molecular complexity index is 946. The first-order valence-corrected chi connectivity index (χ1v) is 18.8. The second kappa shape index (κ2) is 47.7. The van der Waals surface area contributed by atoms with Crippen LogP contribution in [-0.2, 0) is 64.9 Å². The summed E-state index contributed by atoms with van der Waals surface area (Å²) >= 11 is 3.33. The number of aldehydes is 1. The van der Waals surface area contributed by atoms with Gasteiger partial charge in [-0.3, -0.25) is 33.7 Å². The lowest BCUT2D eigenvalue weighted by Crippen LogP contribution is -2.33. The lowest BCUT2D eigenvalue weighted by molar-refractivity contribution is -0.142. The fraction of sp³-hybridized carbons (Fsp3) is 0.806. The molecule has 0 unspecified atom stereocenters. The van der Waals surface area contributed by atoms with Gasteiger partial charge in [-0.05, 0) is 51.5 Å². The van der Waals surface area contributed by atoms with E-state index in [1.165, 1.54) is 0 Å². The Morgan fingerprint density at radius 3 is 1.52 bits per heavy atom. The Morgan fingerprint density at radius 1 is 0.796 bits per heavy atom. The van der Waals surface area contributed by atoms with E-state index in [9.17, 15) is 33.6 Å². The van der Waals surface area contributed by atoms with Crippen LogP contribution in [0, 0.1) is 4.78 Å². The van der Waals surface area contributed by atoms with Crippen molar-refractivity contribution < 1.29 is 59.0 Å². The zero-order chi connectivity index (χ0) is 42.6. The van der Waals surface area contributed by atoms with E-state index in [-0.39, 0.29) is 62.8 Å². The average molecular weight is 799 g/mol. The summed E-state index contributed by atoms with van der Waals surface area (Å²) in [6, 6.07) is 0. The van der Waals surface area contributed by atoms with Crippen molar-refractivity contribution in [2.45, 2.75) is 137 Å². The number of nitrogens with two attached hydrogens (primary N) is 1. The van der Waals surface area contributed by atoms with Gasteiger partial charge in [-0.15, -0.1) is 0 Å². The molecule has 0 aromatic heterocycles. The third-order valence-electron chi connectivity index (χ3n) is 6.76. The number of ketones is 1. The molecule has 318 valence electrons. The first kappa shape index (κ1) is 60.0. The molecule has 6 N–H and O–H groups in total. The molecule has 1 heterocycles. The topological polar surface area (TPSA) is 254 Å². The van der Waals surface area contributed by atoms with Crippen molar-refractivity contribution in [3.63, 3.8) is 0 Å². The summed E-state index contributed by atoms with van der Waals surface area (Å²) in [6.45, 7) is 9.49. The van der Waals surface area contributed by atoms with E-state index < -0.39 is 5.97 Å². The van der Waals surface area contributed by atoms with Crippen molar-refractivity contribution in [1.29, 1.82) is 4.78 Å². The van der Waals surface area contributed by atoms with E-state index in [0.29, 0.717) is 51.7 Å². The Hall–Kier alpha value is -3.29. The Labute approximate surface area is 329 Å². The maximum absolute atomic E-state index is 11.1. The van der Waals surface area contributed by atoms with Crippen molar-refractivity contribution >= 4 is 54.1 Å². The van der Waals surface area contributed by atoms with Crippen LogP contribution in [0.25, 0.3) is 0 Å². The van der Waals surface area contributed by atoms with E-state index in [2.05, 4.69) is 23.1 Å². The SMILES string of the molecule is CCC(=O)CN1C(=O)CCC1=O.CCCC(=O)NCCCC(OC)OC.CCCC(=O)NCCCC=O.CCCC(=O)O.COC(CCCN)OC.N=S.[H+]. The number of ether oxygens (including phenoxy) is 4. The number of hydrogen-bond acceptors (Lipinski definition) is 14. The number of imide groups is 1. The first-order chi connectivity index (χ1) is 25.8. The molecule has 0 aromatic carbocycles. The Morgan fingerprint density at radius 2 is 1.20 bits per heavy atom. The molecule has 18 heteroatoms. The van der Waals surface area contributed by atoms with E-state index in [0.717, 1.165) is 62.6 Å². The van der Waals surface area contributed by atoms with Crippen LogP contribution < -0.4 is 16.4 Å². The van der Waals surface area contributed by atoms with E-state index in [4.69, 9.17) is 34.6 Å². The molecular weight excluding hydrogens is 726 g/mol. The van der Waals surface area contributed by atoms with Crippen LogP contribution in [0.1, 0.15) is 125 Å². The van der Waals surface area contributed by atoms with Gasteiger partial charge in [0.25, 0.3) is 0 Å². The van der Waals surface area contributed by atoms with E-state index in [1.54, 1.807) is 35.4 Å². The van der Waals surface area contributed by atoms with E-state index in [1.807, 2.05) is 20.8 Å². The van der Waals surface area contributed by atoms with Gasteiger partial charge in [0.15, 0.2) is 18.4 Å². The molecule has 54 heavy (non-hydrogen) atoms. The third kappa shape index (κ3) is 44.9. The molecule has 0 saturated carbocycles. The molecule has 17 nitrogen and oxygen atoms in total. The molecule has 1 aliphatic heterocycles. The normalized spacial score (nSPS) is 11.2. The van der Waals surface area contributed by atoms with Crippen molar-refractivity contribution in [3.8, 4) is 0 Å². The summed E-state index contributed by atoms with van der Waals surface area (Å²) in [5.41, 5.74) is 5.28. The first-order valence-electron chi connectivity index (χ1n) is 18.4. The van der Waals surface area contributed by atoms with Crippen LogP contribution in [-0.4, -0.2) is 119 Å². The minimum absolute atomic E-state index is 0. The third-order valence-corrected chi connectivity index (χ3v) is 6.76. The van der Waals surface area contributed by atoms with Gasteiger partial charge in [0, 0.05) is 105 Å². The summed E-state index contributed by atoms with van der Waals surface area (Å²) in [5.74, 6) is -1.02. The fourth-order valence-electron chi connectivity index (χ4n) is 3.79. The molecule has 0 atom stereocenters. The zero-order valence-electron chi connectivity index (χ0n) is 35.0. The number of carboxylic acid groups (broad SMARTS) is 1. The second-order valence-electron chi connectivity index (χ2n) is 11.3. The highest BCUT2D eigenvalue weighted by molar-refractivity contribution is 7.45. The molecule has 0 aromatic rings. The van der Waals surface area contributed by atoms with Gasteiger partial charge in [-0.2, -0.15) is 0 Å². The Kier molecular flexibility index (Phi) is 53.0. The summed E-state index contributed by atoms with van der Waals surface area (Å²) in [4.78, 5) is 75.3. The van der Waals surface area contributed by atoms with E-state index >= 15 is 0 Å². The lowest BCUT2D eigenvalue weighted by Gasteiger charge is -2.12. The second-order valence-corrected chi connectivity index (χ2v) is 11.3. The number of likely N-dealkylation sites (tertiary alicyclic amines) is 1. The van der Waals surface area contributed by atoms with Crippen LogP contribution in [0.2, 0.25) is 0 Å². The van der Waals surface area contributed by atoms with Gasteiger partial charge in [0.2, 0.25) is 23.6 Å². The standard InChI is InChI=1S/C10H21NO3.C8H11NO3.C8H15NO2.C6H15NO2.C4H8O2.HNS/c1-4-6-9(12)11-8-5-7-10(13-2)14-3;1-2-6(10)5-9-7(11)3-4-8(9)12;1-2-5-8(11)9-6-3-4-7-10;1-8-6(9-2)4-3-5-7;1-2-3-4(5)6;1-2/h10H,4-8H2,1-3H3,(H,11,12);2-5H2,1H3;7H,2-6H2,1H3,(H,9,11);6H,3-5,7H2,1-2H3;2-3H2,1H3,(H,5,6);1H/p+1. The average Bonchev–Trinajstić information content (AvgIpc) is 3.48. The zero-order valence-corrected chi connectivity index (χ0v) is 34.9. The monoisotopic (exact) mass is 798 g/mol. The number of methoxy groups -OCH3 is 4. The number of hydrogen-bond donors (Lipinski definition) is 5. The van der Waals surface area contributed by atoms with Crippen molar-refractivity contribution in [2.24, 2.45) is 5.73 Å². The lowest BCUT2D eigenvalue weighted by atomic mass is 10.3. The predicted molar refractivity (Wildman–Crippen MR) is 209 cm³/mol. The van der Waals surface area contributed by atoms with Gasteiger partial charge < -0.3 is 45.2 Å². The molecule has 1 rings (SSSR count). The number of unbranched alkanes of at least 4 members (excludes halogenated alkanes) is 1. The minimum Gasteiger partial charge on any atom is -0.481 e. The maximum atomic E-state index is 11.1. The van der Waals surface area contributed by atoms with Crippen LogP contribution in [0.4, 0.5) is 0 Å². The van der Waals surface area contributed by atoms with Gasteiger partial charge in [0.05, 0.1) is 6.54 Å². The highest BCUT2D eigenvalue weighted by Gasteiger charge is 2.29. The maximum Gasteiger partial charge on any atom is 1.00 e. The van der Waals surface area contributed by atoms with Gasteiger partial charge >= 0.3 is 7.40 Å². The molecule has 4 amide bonds. The molecular formula is C36H72N5O12S+. The quantitative estimate of drug-likeness (QED) is 0.0402. The number of amides is 4. The van der Waals surface area contributed by atoms with Gasteiger partial charge in [0.1, 0.15) is 6.29 Å². The molecule has 1 fully saturated rings. The predicted octanol–water partition coefficient (Wildman–Crippen LogP) is 3.92. The number of Topliss-reactive ketones (excluding diaryl/α,β-unsaturated/α-hetero) is 1.